The maximum absolute atomic E-state index is 13.6. The maximum Gasteiger partial charge on any atom is 0.169 e. The lowest BCUT2D eigenvalue weighted by Gasteiger charge is -2.64. The quantitative estimate of drug-likeness (QED) is 0.680. The van der Waals surface area contributed by atoms with Gasteiger partial charge in [-0.1, -0.05) is 27.7 Å². The summed E-state index contributed by atoms with van der Waals surface area (Å²) in [5, 5.41) is 23.2. The zero-order valence-corrected chi connectivity index (χ0v) is 18.5. The Hall–Kier alpha value is -1.92. The summed E-state index contributed by atoms with van der Waals surface area (Å²) in [6.07, 6.45) is 2.01. The molecule has 0 aromatic carbocycles. The van der Waals surface area contributed by atoms with Crippen LogP contribution in [0.25, 0.3) is 0 Å². The van der Waals surface area contributed by atoms with E-state index in [1.54, 1.807) is 6.92 Å². The van der Waals surface area contributed by atoms with Crippen LogP contribution in [0.5, 0.6) is 0 Å². The highest BCUT2D eigenvalue weighted by atomic mass is 16.3. The first-order chi connectivity index (χ1) is 13.6. The minimum Gasteiger partial charge on any atom is -0.388 e. The third-order valence-electron chi connectivity index (χ3n) is 9.42. The van der Waals surface area contributed by atoms with Gasteiger partial charge in [-0.25, -0.2) is 0 Å². The van der Waals surface area contributed by atoms with E-state index in [0.717, 1.165) is 0 Å². The average molecular weight is 414 g/mol. The summed E-state index contributed by atoms with van der Waals surface area (Å²) in [7, 11) is 0. The van der Waals surface area contributed by atoms with Crippen molar-refractivity contribution in [2.45, 2.75) is 72.5 Å². The summed E-state index contributed by atoms with van der Waals surface area (Å²) >= 11 is 0. The molecule has 30 heavy (non-hydrogen) atoms. The molecule has 162 valence electrons. The fourth-order valence-electron chi connectivity index (χ4n) is 7.17. The van der Waals surface area contributed by atoms with E-state index in [9.17, 15) is 29.4 Å². The number of hydrogen-bond acceptors (Lipinski definition) is 6. The molecule has 0 unspecified atom stereocenters. The fourth-order valence-corrected chi connectivity index (χ4v) is 7.17. The summed E-state index contributed by atoms with van der Waals surface area (Å²) in [5.41, 5.74) is -6.34. The van der Waals surface area contributed by atoms with Crippen molar-refractivity contribution in [1.29, 1.82) is 0 Å². The van der Waals surface area contributed by atoms with Gasteiger partial charge in [-0.2, -0.15) is 0 Å². The minimum absolute atomic E-state index is 0.0228. The molecule has 0 aromatic heterocycles. The van der Waals surface area contributed by atoms with Gasteiger partial charge in [0.05, 0.1) is 16.9 Å². The first-order valence-electron chi connectivity index (χ1n) is 10.6. The fraction of sp³-hybridized carbons (Fsp3) is 0.667. The van der Waals surface area contributed by atoms with Crippen molar-refractivity contribution in [1.82, 2.24) is 0 Å². The lowest BCUT2D eigenvalue weighted by molar-refractivity contribution is -0.194. The van der Waals surface area contributed by atoms with E-state index >= 15 is 0 Å². The molecule has 0 heterocycles. The lowest BCUT2D eigenvalue weighted by atomic mass is 9.39. The molecule has 0 aliphatic heterocycles. The molecule has 0 aromatic rings. The van der Waals surface area contributed by atoms with E-state index < -0.39 is 44.9 Å². The third-order valence-corrected chi connectivity index (χ3v) is 9.42. The molecular weight excluding hydrogens is 384 g/mol. The number of carbonyl (C=O) groups excluding carboxylic acids is 4. The molecule has 0 bridgehead atoms. The predicted molar refractivity (Wildman–Crippen MR) is 108 cm³/mol. The second kappa shape index (κ2) is 5.65. The van der Waals surface area contributed by atoms with Crippen molar-refractivity contribution >= 4 is 23.1 Å². The molecule has 6 heteroatoms. The average Bonchev–Trinajstić information content (AvgIpc) is 2.88. The number of rotatable bonds is 1. The first-order valence-corrected chi connectivity index (χ1v) is 10.6. The molecule has 4 aliphatic carbocycles. The van der Waals surface area contributed by atoms with Crippen LogP contribution in [0.15, 0.2) is 23.3 Å². The SMILES string of the molecule is CC(=O)C1=C[C@@H](O)[C@]2(C)[C@]1(C)C(=O)C=C1[C@@]2(O)C(=O)C[C@H]2C(C)(C)C(=O)CC[C@]12C. The standard InChI is InChI=1S/C24H30O6/c1-12(25)13-9-18(28)23(6)22(13,5)17(27)11-15-21(4)8-7-16(26)20(2,3)14(21)10-19(29)24(15,23)30/h9,11,14,18,28,30H,7-8,10H2,1-6H3/t14-,18+,21-,22-,23+,24+/m0/s1. The van der Waals surface area contributed by atoms with Crippen LogP contribution >= 0.6 is 0 Å². The van der Waals surface area contributed by atoms with Gasteiger partial charge in [0.2, 0.25) is 0 Å². The highest BCUT2D eigenvalue weighted by Gasteiger charge is 2.77. The largest absolute Gasteiger partial charge is 0.388 e. The number of allylic oxidation sites excluding steroid dienone is 2. The molecule has 0 saturated heterocycles. The molecule has 2 saturated carbocycles. The van der Waals surface area contributed by atoms with Crippen LogP contribution in [0, 0.1) is 27.6 Å². The number of ketones is 4. The van der Waals surface area contributed by atoms with E-state index in [-0.39, 0.29) is 29.5 Å². The Bertz CT molecular complexity index is 986. The van der Waals surface area contributed by atoms with Gasteiger partial charge in [-0.15, -0.1) is 0 Å². The molecule has 6 nitrogen and oxygen atoms in total. The molecule has 4 aliphatic rings. The van der Waals surface area contributed by atoms with Crippen LogP contribution in [-0.4, -0.2) is 45.1 Å². The number of aliphatic hydroxyl groups excluding tert-OH is 1. The van der Waals surface area contributed by atoms with Crippen LogP contribution in [0.3, 0.4) is 0 Å². The van der Waals surface area contributed by atoms with E-state index in [0.29, 0.717) is 18.4 Å². The number of hydrogen-bond donors (Lipinski definition) is 2. The van der Waals surface area contributed by atoms with Crippen molar-refractivity contribution in [3.63, 3.8) is 0 Å². The van der Waals surface area contributed by atoms with Gasteiger partial charge < -0.3 is 10.2 Å². The van der Waals surface area contributed by atoms with E-state index in [2.05, 4.69) is 0 Å². The minimum atomic E-state index is -2.11. The Labute approximate surface area is 176 Å². The summed E-state index contributed by atoms with van der Waals surface area (Å²) in [5.74, 6) is -1.55. The molecule has 2 fully saturated rings. The first kappa shape index (κ1) is 21.3. The Kier molecular flexibility index (Phi) is 4.02. The van der Waals surface area contributed by atoms with Crippen molar-refractivity contribution < 1.29 is 29.4 Å². The van der Waals surface area contributed by atoms with Crippen molar-refractivity contribution in [3.8, 4) is 0 Å². The molecular formula is C24H30O6. The number of carbonyl (C=O) groups is 4. The van der Waals surface area contributed by atoms with Gasteiger partial charge in [0.1, 0.15) is 5.78 Å². The van der Waals surface area contributed by atoms with Crippen LogP contribution in [0.2, 0.25) is 0 Å². The van der Waals surface area contributed by atoms with Gasteiger partial charge in [-0.3, -0.25) is 19.2 Å². The summed E-state index contributed by atoms with van der Waals surface area (Å²) in [6.45, 7) is 9.96. The smallest absolute Gasteiger partial charge is 0.169 e. The topological polar surface area (TPSA) is 109 Å². The van der Waals surface area contributed by atoms with E-state index in [4.69, 9.17) is 0 Å². The highest BCUT2D eigenvalue weighted by molar-refractivity contribution is 6.12. The molecule has 0 spiro atoms. The Morgan fingerprint density at radius 1 is 1.07 bits per heavy atom. The van der Waals surface area contributed by atoms with Gasteiger partial charge >= 0.3 is 0 Å². The molecule has 0 radical (unpaired) electrons. The van der Waals surface area contributed by atoms with Gasteiger partial charge in [0.15, 0.2) is 23.0 Å². The van der Waals surface area contributed by atoms with Gasteiger partial charge in [0.25, 0.3) is 0 Å². The Balaban J connectivity index is 2.02. The second-order valence-corrected chi connectivity index (χ2v) is 10.8. The summed E-state index contributed by atoms with van der Waals surface area (Å²) < 4.78 is 0. The van der Waals surface area contributed by atoms with Crippen LogP contribution in [0.4, 0.5) is 0 Å². The van der Waals surface area contributed by atoms with E-state index in [1.165, 1.54) is 26.0 Å². The van der Waals surface area contributed by atoms with Crippen molar-refractivity contribution in [2.75, 3.05) is 0 Å². The monoisotopic (exact) mass is 414 g/mol. The summed E-state index contributed by atoms with van der Waals surface area (Å²) in [4.78, 5) is 52.2. The molecule has 2 N–H and O–H groups in total. The highest BCUT2D eigenvalue weighted by Crippen LogP contribution is 2.70. The number of fused-ring (bicyclic) bond motifs is 5. The zero-order chi connectivity index (χ0) is 22.7. The van der Waals surface area contributed by atoms with Crippen molar-refractivity contribution in [3.05, 3.63) is 23.3 Å². The number of aliphatic hydroxyl groups is 2. The van der Waals surface area contributed by atoms with Crippen LogP contribution < -0.4 is 0 Å². The molecule has 4 rings (SSSR count). The third kappa shape index (κ3) is 1.93. The summed E-state index contributed by atoms with van der Waals surface area (Å²) in [6, 6.07) is 0. The zero-order valence-electron chi connectivity index (χ0n) is 18.5. The van der Waals surface area contributed by atoms with Crippen molar-refractivity contribution in [2.24, 2.45) is 27.6 Å². The predicted octanol–water partition coefficient (Wildman–Crippen LogP) is 2.11. The van der Waals surface area contributed by atoms with E-state index in [1.807, 2.05) is 20.8 Å². The van der Waals surface area contributed by atoms with Crippen LogP contribution in [0.1, 0.15) is 60.8 Å². The second-order valence-electron chi connectivity index (χ2n) is 10.8. The molecule has 6 atom stereocenters. The number of Topliss-reactive ketones (excluding diaryl/α,β-unsaturated/α-hetero) is 3. The van der Waals surface area contributed by atoms with Crippen LogP contribution in [-0.2, 0) is 19.2 Å². The molecule has 0 amide bonds. The Morgan fingerprint density at radius 3 is 2.23 bits per heavy atom. The Morgan fingerprint density at radius 2 is 1.67 bits per heavy atom. The lowest BCUT2D eigenvalue weighted by Crippen LogP contribution is -2.73. The normalized spacial score (nSPS) is 47.1. The van der Waals surface area contributed by atoms with Gasteiger partial charge in [0, 0.05) is 23.8 Å². The maximum atomic E-state index is 13.6. The van der Waals surface area contributed by atoms with Gasteiger partial charge in [-0.05, 0) is 49.3 Å².